The van der Waals surface area contributed by atoms with Gasteiger partial charge in [0.15, 0.2) is 0 Å². The van der Waals surface area contributed by atoms with Gasteiger partial charge in [0.25, 0.3) is 0 Å². The van der Waals surface area contributed by atoms with Crippen LogP contribution in [0.5, 0.6) is 5.75 Å². The second-order valence-electron chi connectivity index (χ2n) is 5.21. The Hall–Kier alpha value is -1.55. The first-order chi connectivity index (χ1) is 9.34. The third-order valence-corrected chi connectivity index (χ3v) is 3.82. The number of hydrogen-bond donors (Lipinski definition) is 1. The summed E-state index contributed by atoms with van der Waals surface area (Å²) in [5, 5.41) is 3.39. The third-order valence-electron chi connectivity index (χ3n) is 3.82. The van der Waals surface area contributed by atoms with Gasteiger partial charge >= 0.3 is 0 Å². The molecule has 1 aromatic rings. The Balaban J connectivity index is 1.77. The van der Waals surface area contributed by atoms with Crippen LogP contribution in [0.4, 0.5) is 5.69 Å². The Bertz CT molecular complexity index is 455. The Morgan fingerprint density at radius 3 is 3.11 bits per heavy atom. The maximum absolute atomic E-state index is 12.5. The smallest absolute Gasteiger partial charge is 0.228 e. The van der Waals surface area contributed by atoms with Crippen molar-refractivity contribution >= 4 is 11.6 Å². The first kappa shape index (κ1) is 12.5. The molecule has 102 valence electrons. The van der Waals surface area contributed by atoms with Gasteiger partial charge in [-0.25, -0.2) is 0 Å². The van der Waals surface area contributed by atoms with Gasteiger partial charge < -0.3 is 15.0 Å². The molecule has 2 aliphatic heterocycles. The molecular weight excluding hydrogens is 240 g/mol. The highest BCUT2D eigenvalue weighted by atomic mass is 16.5. The average Bonchev–Trinajstić information content (AvgIpc) is 2.83. The van der Waals surface area contributed by atoms with Gasteiger partial charge in [-0.1, -0.05) is 12.1 Å². The summed E-state index contributed by atoms with van der Waals surface area (Å²) in [4.78, 5) is 14.4. The van der Waals surface area contributed by atoms with Crippen molar-refractivity contribution in [2.75, 3.05) is 24.6 Å². The highest BCUT2D eigenvalue weighted by Crippen LogP contribution is 2.31. The fraction of sp³-hybridized carbons (Fsp3) is 0.533. The van der Waals surface area contributed by atoms with Crippen LogP contribution in [0, 0.1) is 0 Å². The molecule has 0 bridgehead atoms. The fourth-order valence-electron chi connectivity index (χ4n) is 2.84. The van der Waals surface area contributed by atoms with E-state index in [9.17, 15) is 4.79 Å². The standard InChI is InChI=1S/C15H20N2O2/c18-15(11-12-5-3-8-16-12)17-9-4-10-19-14-7-2-1-6-13(14)17/h1-2,6-7,12,16H,3-5,8-11H2. The summed E-state index contributed by atoms with van der Waals surface area (Å²) in [6.07, 6.45) is 3.77. The molecule has 1 fully saturated rings. The van der Waals surface area contributed by atoms with E-state index >= 15 is 0 Å². The summed E-state index contributed by atoms with van der Waals surface area (Å²) in [5.74, 6) is 1.03. The van der Waals surface area contributed by atoms with Crippen molar-refractivity contribution in [2.45, 2.75) is 31.7 Å². The lowest BCUT2D eigenvalue weighted by molar-refractivity contribution is -0.119. The largest absolute Gasteiger partial charge is 0.491 e. The van der Waals surface area contributed by atoms with Gasteiger partial charge in [0.1, 0.15) is 5.75 Å². The number of benzene rings is 1. The predicted molar refractivity (Wildman–Crippen MR) is 74.5 cm³/mol. The number of nitrogens with one attached hydrogen (secondary N) is 1. The van der Waals surface area contributed by atoms with Crippen molar-refractivity contribution < 1.29 is 9.53 Å². The third kappa shape index (κ3) is 2.73. The molecule has 19 heavy (non-hydrogen) atoms. The maximum Gasteiger partial charge on any atom is 0.228 e. The van der Waals surface area contributed by atoms with E-state index in [0.29, 0.717) is 19.1 Å². The number of para-hydroxylation sites is 2. The topological polar surface area (TPSA) is 41.6 Å². The lowest BCUT2D eigenvalue weighted by atomic mass is 10.1. The second-order valence-corrected chi connectivity index (χ2v) is 5.21. The van der Waals surface area contributed by atoms with E-state index in [4.69, 9.17) is 4.74 Å². The zero-order valence-electron chi connectivity index (χ0n) is 11.1. The molecule has 3 rings (SSSR count). The maximum atomic E-state index is 12.5. The van der Waals surface area contributed by atoms with Crippen LogP contribution >= 0.6 is 0 Å². The minimum atomic E-state index is 0.206. The predicted octanol–water partition coefficient (Wildman–Crippen LogP) is 1.94. The lowest BCUT2D eigenvalue weighted by Gasteiger charge is -2.23. The summed E-state index contributed by atoms with van der Waals surface area (Å²) in [6, 6.07) is 8.17. The Morgan fingerprint density at radius 1 is 1.37 bits per heavy atom. The number of ether oxygens (including phenoxy) is 1. The van der Waals surface area contributed by atoms with Crippen molar-refractivity contribution in [2.24, 2.45) is 0 Å². The number of amides is 1. The molecule has 0 aromatic heterocycles. The zero-order valence-corrected chi connectivity index (χ0v) is 11.1. The second kappa shape index (κ2) is 5.61. The van der Waals surface area contributed by atoms with Gasteiger partial charge in [0.05, 0.1) is 12.3 Å². The van der Waals surface area contributed by atoms with Gasteiger partial charge in [-0.2, -0.15) is 0 Å². The van der Waals surface area contributed by atoms with Crippen molar-refractivity contribution in [3.8, 4) is 5.75 Å². The van der Waals surface area contributed by atoms with Gasteiger partial charge in [-0.3, -0.25) is 4.79 Å². The van der Waals surface area contributed by atoms with Crippen LogP contribution in [0.1, 0.15) is 25.7 Å². The highest BCUT2D eigenvalue weighted by Gasteiger charge is 2.25. The normalized spacial score (nSPS) is 22.5. The number of anilines is 1. The summed E-state index contributed by atoms with van der Waals surface area (Å²) in [6.45, 7) is 2.47. The van der Waals surface area contributed by atoms with Gasteiger partial charge in [-0.15, -0.1) is 0 Å². The SMILES string of the molecule is O=C(CC1CCCN1)N1CCCOc2ccccc21. The monoisotopic (exact) mass is 260 g/mol. The van der Waals surface area contributed by atoms with E-state index in [1.165, 1.54) is 6.42 Å². The number of carbonyl (C=O) groups excluding carboxylic acids is 1. The van der Waals surface area contributed by atoms with Crippen LogP contribution in [0.2, 0.25) is 0 Å². The molecule has 2 heterocycles. The molecule has 1 saturated heterocycles. The Labute approximate surface area is 113 Å². The quantitative estimate of drug-likeness (QED) is 0.883. The Kier molecular flexibility index (Phi) is 3.69. The minimum Gasteiger partial charge on any atom is -0.491 e. The van der Waals surface area contributed by atoms with Crippen LogP contribution in [-0.2, 0) is 4.79 Å². The van der Waals surface area contributed by atoms with Crippen molar-refractivity contribution in [3.05, 3.63) is 24.3 Å². The first-order valence-electron chi connectivity index (χ1n) is 7.10. The number of fused-ring (bicyclic) bond motifs is 1. The number of hydrogen-bond acceptors (Lipinski definition) is 3. The van der Waals surface area contributed by atoms with E-state index in [0.717, 1.165) is 37.4 Å². The van der Waals surface area contributed by atoms with Crippen molar-refractivity contribution in [1.82, 2.24) is 5.32 Å². The van der Waals surface area contributed by atoms with Crippen molar-refractivity contribution in [3.63, 3.8) is 0 Å². The number of carbonyl (C=O) groups is 1. The van der Waals surface area contributed by atoms with Crippen LogP contribution in [-0.4, -0.2) is 31.6 Å². The van der Waals surface area contributed by atoms with Gasteiger partial charge in [0, 0.05) is 19.0 Å². The summed E-state index contributed by atoms with van der Waals surface area (Å²) in [5.41, 5.74) is 0.919. The molecule has 1 aromatic carbocycles. The molecule has 1 unspecified atom stereocenters. The van der Waals surface area contributed by atoms with E-state index in [-0.39, 0.29) is 5.91 Å². The molecule has 4 heteroatoms. The molecule has 0 radical (unpaired) electrons. The molecule has 0 aliphatic carbocycles. The molecule has 0 spiro atoms. The van der Waals surface area contributed by atoms with Crippen molar-refractivity contribution in [1.29, 1.82) is 0 Å². The van der Waals surface area contributed by atoms with Crippen LogP contribution < -0.4 is 15.0 Å². The van der Waals surface area contributed by atoms with E-state index in [1.54, 1.807) is 0 Å². The minimum absolute atomic E-state index is 0.206. The molecule has 2 aliphatic rings. The lowest BCUT2D eigenvalue weighted by Crippen LogP contribution is -2.36. The Morgan fingerprint density at radius 2 is 2.26 bits per heavy atom. The number of nitrogens with zero attached hydrogens (tertiary/aromatic N) is 1. The molecule has 1 amide bonds. The summed E-state index contributed by atoms with van der Waals surface area (Å²) in [7, 11) is 0. The van der Waals surface area contributed by atoms with E-state index in [2.05, 4.69) is 5.32 Å². The summed E-state index contributed by atoms with van der Waals surface area (Å²) >= 11 is 0. The van der Waals surface area contributed by atoms with Crippen LogP contribution in [0.25, 0.3) is 0 Å². The van der Waals surface area contributed by atoms with E-state index < -0.39 is 0 Å². The van der Waals surface area contributed by atoms with Gasteiger partial charge in [-0.05, 0) is 37.9 Å². The summed E-state index contributed by atoms with van der Waals surface area (Å²) < 4.78 is 5.69. The molecule has 1 atom stereocenters. The highest BCUT2D eigenvalue weighted by molar-refractivity contribution is 5.95. The fourth-order valence-corrected chi connectivity index (χ4v) is 2.84. The van der Waals surface area contributed by atoms with Crippen LogP contribution in [0.15, 0.2) is 24.3 Å². The number of rotatable bonds is 2. The molecular formula is C15H20N2O2. The molecule has 4 nitrogen and oxygen atoms in total. The average molecular weight is 260 g/mol. The molecule has 0 saturated carbocycles. The van der Waals surface area contributed by atoms with E-state index in [1.807, 2.05) is 29.2 Å². The van der Waals surface area contributed by atoms with Crippen LogP contribution in [0.3, 0.4) is 0 Å². The van der Waals surface area contributed by atoms with Gasteiger partial charge in [0.2, 0.25) is 5.91 Å². The molecule has 1 N–H and O–H groups in total. The zero-order chi connectivity index (χ0) is 13.1. The first-order valence-corrected chi connectivity index (χ1v) is 7.10.